The molecule has 0 amide bonds. The molecular weight excluding hydrogens is 292 g/mol. The first-order valence-corrected chi connectivity index (χ1v) is 7.98. The molecule has 1 aromatic heterocycles. The molecule has 0 aliphatic carbocycles. The van der Waals surface area contributed by atoms with E-state index >= 15 is 0 Å². The largest absolute Gasteiger partial charge is 0.263 e. The lowest BCUT2D eigenvalue weighted by Crippen LogP contribution is -2.12. The number of aryl methyl sites for hydroxylation is 1. The summed E-state index contributed by atoms with van der Waals surface area (Å²) in [5, 5.41) is 2.71. The third-order valence-corrected chi connectivity index (χ3v) is 4.80. The van der Waals surface area contributed by atoms with Crippen LogP contribution in [0.15, 0.2) is 34.5 Å². The average Bonchev–Trinajstić information content (AvgIpc) is 2.76. The predicted molar refractivity (Wildman–Crippen MR) is 73.8 cm³/mol. The van der Waals surface area contributed by atoms with Crippen molar-refractivity contribution in [2.45, 2.75) is 18.2 Å². The smallest absolute Gasteiger partial charge is 0.255 e. The Morgan fingerprint density at radius 1 is 1.33 bits per heavy atom. The minimum Gasteiger partial charge on any atom is -0.255 e. The van der Waals surface area contributed by atoms with Crippen molar-refractivity contribution in [3.63, 3.8) is 0 Å². The second-order valence-electron chi connectivity index (χ2n) is 3.56. The minimum absolute atomic E-state index is 0.167. The Kier molecular flexibility index (Phi) is 3.89. The molecule has 4 nitrogen and oxygen atoms in total. The van der Waals surface area contributed by atoms with Crippen LogP contribution in [-0.4, -0.2) is 13.4 Å². The fourth-order valence-corrected chi connectivity index (χ4v) is 3.48. The van der Waals surface area contributed by atoms with Gasteiger partial charge < -0.3 is 0 Å². The van der Waals surface area contributed by atoms with Crippen molar-refractivity contribution < 1.29 is 8.42 Å². The quantitative estimate of drug-likeness (QED) is 0.944. The van der Waals surface area contributed by atoms with Gasteiger partial charge in [0.15, 0.2) is 5.13 Å². The standard InChI is InChI=1S/C11H11ClN2O2S2/c1-2-9-7-17-11(13-9)14-18(15,16)10-5-3-8(12)4-6-10/h3-7H,2H2,1H3,(H,13,14). The lowest BCUT2D eigenvalue weighted by molar-refractivity contribution is 0.601. The van der Waals surface area contributed by atoms with Gasteiger partial charge in [-0.05, 0) is 30.7 Å². The summed E-state index contributed by atoms with van der Waals surface area (Å²) < 4.78 is 26.5. The van der Waals surface area contributed by atoms with Crippen molar-refractivity contribution in [1.29, 1.82) is 0 Å². The van der Waals surface area contributed by atoms with Crippen LogP contribution in [0.1, 0.15) is 12.6 Å². The van der Waals surface area contributed by atoms with Crippen LogP contribution in [0.3, 0.4) is 0 Å². The predicted octanol–water partition coefficient (Wildman–Crippen LogP) is 3.16. The molecule has 1 heterocycles. The number of benzene rings is 1. The van der Waals surface area contributed by atoms with Gasteiger partial charge >= 0.3 is 0 Å². The van der Waals surface area contributed by atoms with E-state index in [0.717, 1.165) is 12.1 Å². The number of aromatic nitrogens is 1. The molecule has 2 rings (SSSR count). The summed E-state index contributed by atoms with van der Waals surface area (Å²) in [5.74, 6) is 0. The number of thiazole rings is 1. The summed E-state index contributed by atoms with van der Waals surface area (Å²) in [5.41, 5.74) is 0.869. The van der Waals surface area contributed by atoms with Gasteiger partial charge in [0.1, 0.15) is 0 Å². The highest BCUT2D eigenvalue weighted by molar-refractivity contribution is 7.93. The summed E-state index contributed by atoms with van der Waals surface area (Å²) in [6, 6.07) is 5.99. The minimum atomic E-state index is -3.59. The maximum Gasteiger partial charge on any atom is 0.263 e. The van der Waals surface area contributed by atoms with Crippen molar-refractivity contribution in [2.24, 2.45) is 0 Å². The second-order valence-corrected chi connectivity index (χ2v) is 6.53. The van der Waals surface area contributed by atoms with Crippen LogP contribution in [0.25, 0.3) is 0 Å². The normalized spacial score (nSPS) is 11.4. The SMILES string of the molecule is CCc1csc(NS(=O)(=O)c2ccc(Cl)cc2)n1. The molecule has 7 heteroatoms. The maximum absolute atomic E-state index is 12.0. The molecule has 0 atom stereocenters. The molecule has 2 aromatic rings. The third kappa shape index (κ3) is 3.01. The van der Waals surface area contributed by atoms with Crippen LogP contribution in [0.4, 0.5) is 5.13 Å². The number of rotatable bonds is 4. The summed E-state index contributed by atoms with van der Waals surface area (Å²) in [4.78, 5) is 4.33. The number of hydrogen-bond acceptors (Lipinski definition) is 4. The van der Waals surface area contributed by atoms with E-state index < -0.39 is 10.0 Å². The van der Waals surface area contributed by atoms with Crippen molar-refractivity contribution in [3.8, 4) is 0 Å². The van der Waals surface area contributed by atoms with E-state index in [1.165, 1.54) is 35.6 Å². The summed E-state index contributed by atoms with van der Waals surface area (Å²) in [6.45, 7) is 1.96. The van der Waals surface area contributed by atoms with E-state index in [9.17, 15) is 8.42 Å². The molecular formula is C11H11ClN2O2S2. The Bertz CT molecular complexity index is 635. The fourth-order valence-electron chi connectivity index (χ4n) is 1.30. The van der Waals surface area contributed by atoms with E-state index in [1.54, 1.807) is 0 Å². The number of halogens is 1. The van der Waals surface area contributed by atoms with Crippen LogP contribution in [0.2, 0.25) is 5.02 Å². The van der Waals surface area contributed by atoms with E-state index in [-0.39, 0.29) is 4.90 Å². The van der Waals surface area contributed by atoms with Crippen molar-refractivity contribution >= 4 is 38.1 Å². The number of hydrogen-bond donors (Lipinski definition) is 1. The number of nitrogens with zero attached hydrogens (tertiary/aromatic N) is 1. The zero-order chi connectivity index (χ0) is 13.2. The topological polar surface area (TPSA) is 59.1 Å². The van der Waals surface area contributed by atoms with Gasteiger partial charge in [-0.3, -0.25) is 4.72 Å². The number of sulfonamides is 1. The Labute approximate surface area is 115 Å². The molecule has 0 saturated carbocycles. The first-order valence-electron chi connectivity index (χ1n) is 5.24. The van der Waals surface area contributed by atoms with Gasteiger partial charge in [-0.2, -0.15) is 0 Å². The summed E-state index contributed by atoms with van der Waals surface area (Å²) in [6.07, 6.45) is 0.777. The maximum atomic E-state index is 12.0. The second kappa shape index (κ2) is 5.26. The molecule has 0 fully saturated rings. The fraction of sp³-hybridized carbons (Fsp3) is 0.182. The van der Waals surface area contributed by atoms with Gasteiger partial charge in [-0.15, -0.1) is 11.3 Å². The molecule has 0 aliphatic rings. The average molecular weight is 303 g/mol. The first kappa shape index (κ1) is 13.3. The first-order chi connectivity index (χ1) is 8.51. The highest BCUT2D eigenvalue weighted by Gasteiger charge is 2.15. The van der Waals surface area contributed by atoms with Gasteiger partial charge in [0.2, 0.25) is 0 Å². The van der Waals surface area contributed by atoms with Gasteiger partial charge in [0.05, 0.1) is 10.6 Å². The molecule has 1 aromatic carbocycles. The molecule has 0 radical (unpaired) electrons. The van der Waals surface area contributed by atoms with Crippen LogP contribution in [-0.2, 0) is 16.4 Å². The van der Waals surface area contributed by atoms with E-state index in [0.29, 0.717) is 10.2 Å². The molecule has 96 valence electrons. The van der Waals surface area contributed by atoms with Crippen LogP contribution < -0.4 is 4.72 Å². The molecule has 0 aliphatic heterocycles. The Morgan fingerprint density at radius 3 is 2.56 bits per heavy atom. The van der Waals surface area contributed by atoms with Crippen molar-refractivity contribution in [1.82, 2.24) is 4.98 Å². The van der Waals surface area contributed by atoms with E-state index in [2.05, 4.69) is 9.71 Å². The Morgan fingerprint density at radius 2 is 2.00 bits per heavy atom. The molecule has 0 bridgehead atoms. The molecule has 0 saturated heterocycles. The molecule has 0 unspecified atom stereocenters. The highest BCUT2D eigenvalue weighted by Crippen LogP contribution is 2.21. The third-order valence-electron chi connectivity index (χ3n) is 2.26. The lowest BCUT2D eigenvalue weighted by Gasteiger charge is -2.04. The molecule has 1 N–H and O–H groups in total. The van der Waals surface area contributed by atoms with Crippen LogP contribution in [0.5, 0.6) is 0 Å². The number of anilines is 1. The molecule has 0 spiro atoms. The van der Waals surface area contributed by atoms with Gasteiger partial charge in [0.25, 0.3) is 10.0 Å². The summed E-state index contributed by atoms with van der Waals surface area (Å²) in [7, 11) is -3.59. The zero-order valence-electron chi connectivity index (χ0n) is 9.55. The van der Waals surface area contributed by atoms with Crippen LogP contribution >= 0.6 is 22.9 Å². The Balaban J connectivity index is 2.24. The van der Waals surface area contributed by atoms with E-state index in [4.69, 9.17) is 11.6 Å². The highest BCUT2D eigenvalue weighted by atomic mass is 35.5. The van der Waals surface area contributed by atoms with Gasteiger partial charge in [0, 0.05) is 10.4 Å². The zero-order valence-corrected chi connectivity index (χ0v) is 11.9. The van der Waals surface area contributed by atoms with Gasteiger partial charge in [-0.25, -0.2) is 13.4 Å². The Hall–Kier alpha value is -1.11. The molecule has 18 heavy (non-hydrogen) atoms. The van der Waals surface area contributed by atoms with Gasteiger partial charge in [-0.1, -0.05) is 18.5 Å². The lowest BCUT2D eigenvalue weighted by atomic mass is 10.4. The van der Waals surface area contributed by atoms with E-state index in [1.807, 2.05) is 12.3 Å². The number of nitrogens with one attached hydrogen (secondary N) is 1. The van der Waals surface area contributed by atoms with Crippen molar-refractivity contribution in [2.75, 3.05) is 4.72 Å². The van der Waals surface area contributed by atoms with Crippen molar-refractivity contribution in [3.05, 3.63) is 40.4 Å². The summed E-state index contributed by atoms with van der Waals surface area (Å²) >= 11 is 6.99. The van der Waals surface area contributed by atoms with Crippen LogP contribution in [0, 0.1) is 0 Å². The monoisotopic (exact) mass is 302 g/mol.